The summed E-state index contributed by atoms with van der Waals surface area (Å²) < 4.78 is 28.3. The minimum Gasteiger partial charge on any atom is -0.493 e. The summed E-state index contributed by atoms with van der Waals surface area (Å²) in [5.41, 5.74) is 3.33. The summed E-state index contributed by atoms with van der Waals surface area (Å²) in [5.74, 6) is 2.97. The van der Waals surface area contributed by atoms with Gasteiger partial charge in [-0.15, -0.1) is 11.3 Å². The van der Waals surface area contributed by atoms with Crippen molar-refractivity contribution >= 4 is 21.6 Å². The zero-order valence-corrected chi connectivity index (χ0v) is 18.7. The minimum atomic E-state index is 0.533. The smallest absolute Gasteiger partial charge is 0.203 e. The third-order valence-corrected chi connectivity index (χ3v) is 5.92. The number of hydrogen-bond donors (Lipinski definition) is 0. The molecule has 4 aromatic rings. The molecule has 0 aliphatic rings. The van der Waals surface area contributed by atoms with Crippen molar-refractivity contribution in [1.82, 2.24) is 9.97 Å². The first-order chi connectivity index (χ1) is 15.1. The van der Waals surface area contributed by atoms with Gasteiger partial charge in [0.1, 0.15) is 5.01 Å². The molecule has 160 valence electrons. The van der Waals surface area contributed by atoms with E-state index in [1.54, 1.807) is 53.1 Å². The SMILES string of the molecule is COc1cc2nc(-c3cccnc3-c3cc(OC)c(OC)c(OC)c3)sc2cc1OC. The lowest BCUT2D eigenvalue weighted by molar-refractivity contribution is 0.324. The van der Waals surface area contributed by atoms with Crippen molar-refractivity contribution in [3.05, 3.63) is 42.6 Å². The highest BCUT2D eigenvalue weighted by Crippen LogP contribution is 2.44. The van der Waals surface area contributed by atoms with Crippen molar-refractivity contribution in [2.24, 2.45) is 0 Å². The lowest BCUT2D eigenvalue weighted by Crippen LogP contribution is -1.97. The molecule has 0 saturated carbocycles. The second-order valence-electron chi connectivity index (χ2n) is 6.51. The molecule has 0 unspecified atom stereocenters. The van der Waals surface area contributed by atoms with Gasteiger partial charge in [-0.25, -0.2) is 4.98 Å². The molecular weight excluding hydrogens is 416 g/mol. The highest BCUT2D eigenvalue weighted by Gasteiger charge is 2.19. The van der Waals surface area contributed by atoms with Crippen LogP contribution in [-0.4, -0.2) is 45.5 Å². The van der Waals surface area contributed by atoms with Crippen LogP contribution in [0.3, 0.4) is 0 Å². The third kappa shape index (κ3) is 3.70. The summed E-state index contributed by atoms with van der Waals surface area (Å²) in [4.78, 5) is 9.46. The van der Waals surface area contributed by atoms with Crippen molar-refractivity contribution in [2.75, 3.05) is 35.5 Å². The molecule has 0 N–H and O–H groups in total. The van der Waals surface area contributed by atoms with Gasteiger partial charge in [0.2, 0.25) is 5.75 Å². The first-order valence-electron chi connectivity index (χ1n) is 9.41. The number of benzene rings is 2. The molecule has 0 aliphatic heterocycles. The topological polar surface area (TPSA) is 71.9 Å². The highest BCUT2D eigenvalue weighted by molar-refractivity contribution is 7.21. The zero-order chi connectivity index (χ0) is 22.0. The fraction of sp³-hybridized carbons (Fsp3) is 0.217. The second kappa shape index (κ2) is 8.69. The van der Waals surface area contributed by atoms with Crippen LogP contribution in [0.4, 0.5) is 0 Å². The number of nitrogens with zero attached hydrogens (tertiary/aromatic N) is 2. The summed E-state index contributed by atoms with van der Waals surface area (Å²) in [6, 6.07) is 11.5. The quantitative estimate of drug-likeness (QED) is 0.399. The lowest BCUT2D eigenvalue weighted by atomic mass is 10.0. The van der Waals surface area contributed by atoms with Crippen LogP contribution < -0.4 is 23.7 Å². The Bertz CT molecular complexity index is 1170. The van der Waals surface area contributed by atoms with E-state index in [9.17, 15) is 0 Å². The van der Waals surface area contributed by atoms with E-state index in [4.69, 9.17) is 28.7 Å². The first kappa shape index (κ1) is 20.7. The minimum absolute atomic E-state index is 0.533. The molecule has 2 aromatic carbocycles. The van der Waals surface area contributed by atoms with E-state index < -0.39 is 0 Å². The predicted octanol–water partition coefficient (Wildman–Crippen LogP) is 5.07. The van der Waals surface area contributed by atoms with Crippen molar-refractivity contribution in [1.29, 1.82) is 0 Å². The molecule has 0 saturated heterocycles. The van der Waals surface area contributed by atoms with E-state index in [1.165, 1.54) is 0 Å². The summed E-state index contributed by atoms with van der Waals surface area (Å²) in [7, 11) is 8.00. The van der Waals surface area contributed by atoms with Crippen LogP contribution in [0, 0.1) is 0 Å². The Hall–Kier alpha value is -3.52. The maximum absolute atomic E-state index is 5.51. The van der Waals surface area contributed by atoms with Crippen LogP contribution in [0.25, 0.3) is 32.0 Å². The van der Waals surface area contributed by atoms with Crippen LogP contribution in [0.2, 0.25) is 0 Å². The average molecular weight is 439 g/mol. The van der Waals surface area contributed by atoms with Crippen molar-refractivity contribution in [3.8, 4) is 50.6 Å². The van der Waals surface area contributed by atoms with Crippen LogP contribution >= 0.6 is 11.3 Å². The number of aromatic nitrogens is 2. The van der Waals surface area contributed by atoms with Gasteiger partial charge in [-0.05, 0) is 24.3 Å². The molecular formula is C23H22N2O5S. The summed E-state index contributed by atoms with van der Waals surface area (Å²) in [6.45, 7) is 0. The fourth-order valence-electron chi connectivity index (χ4n) is 3.40. The number of ether oxygens (including phenoxy) is 5. The van der Waals surface area contributed by atoms with E-state index in [-0.39, 0.29) is 0 Å². The van der Waals surface area contributed by atoms with Crippen LogP contribution in [-0.2, 0) is 0 Å². The van der Waals surface area contributed by atoms with Crippen LogP contribution in [0.1, 0.15) is 0 Å². The number of rotatable bonds is 7. The van der Waals surface area contributed by atoms with Gasteiger partial charge in [0.25, 0.3) is 0 Å². The van der Waals surface area contributed by atoms with Crippen molar-refractivity contribution in [3.63, 3.8) is 0 Å². The Morgan fingerprint density at radius 1 is 0.742 bits per heavy atom. The van der Waals surface area contributed by atoms with Crippen molar-refractivity contribution in [2.45, 2.75) is 0 Å². The molecule has 2 aromatic heterocycles. The number of pyridine rings is 1. The maximum Gasteiger partial charge on any atom is 0.203 e. The Labute approximate surface area is 184 Å². The standard InChI is InChI=1S/C23H22N2O5S/c1-26-16-11-15-20(12-17(16)27-2)31-23(25-15)14-7-6-8-24-21(14)13-9-18(28-3)22(30-5)19(10-13)29-4/h6-12H,1-5H3. The van der Waals surface area contributed by atoms with E-state index in [2.05, 4.69) is 4.98 Å². The maximum atomic E-state index is 5.51. The average Bonchev–Trinajstić information content (AvgIpc) is 3.24. The summed E-state index contributed by atoms with van der Waals surface area (Å²) in [5, 5.41) is 0.835. The zero-order valence-electron chi connectivity index (χ0n) is 17.9. The number of methoxy groups -OCH3 is 5. The second-order valence-corrected chi connectivity index (χ2v) is 7.54. The van der Waals surface area contributed by atoms with E-state index in [0.717, 1.165) is 32.0 Å². The predicted molar refractivity (Wildman–Crippen MR) is 121 cm³/mol. The molecule has 7 nitrogen and oxygen atoms in total. The fourth-order valence-corrected chi connectivity index (χ4v) is 4.40. The number of fused-ring (bicyclic) bond motifs is 1. The highest BCUT2D eigenvalue weighted by atomic mass is 32.1. The van der Waals surface area contributed by atoms with E-state index in [1.807, 2.05) is 36.4 Å². The Balaban J connectivity index is 1.89. The first-order valence-corrected chi connectivity index (χ1v) is 10.2. The summed E-state index contributed by atoms with van der Waals surface area (Å²) >= 11 is 1.56. The summed E-state index contributed by atoms with van der Waals surface area (Å²) in [6.07, 6.45) is 1.75. The van der Waals surface area contributed by atoms with Gasteiger partial charge in [0.15, 0.2) is 23.0 Å². The molecule has 0 atom stereocenters. The number of thiazole rings is 1. The van der Waals surface area contributed by atoms with E-state index in [0.29, 0.717) is 28.7 Å². The molecule has 0 spiro atoms. The molecule has 0 amide bonds. The Morgan fingerprint density at radius 3 is 2.00 bits per heavy atom. The Kier molecular flexibility index (Phi) is 5.81. The monoisotopic (exact) mass is 438 g/mol. The van der Waals surface area contributed by atoms with Gasteiger partial charge >= 0.3 is 0 Å². The normalized spacial score (nSPS) is 10.7. The van der Waals surface area contributed by atoms with Gasteiger partial charge < -0.3 is 23.7 Å². The van der Waals surface area contributed by atoms with Crippen LogP contribution in [0.5, 0.6) is 28.7 Å². The largest absolute Gasteiger partial charge is 0.493 e. The van der Waals surface area contributed by atoms with Crippen molar-refractivity contribution < 1.29 is 23.7 Å². The van der Waals surface area contributed by atoms with Gasteiger partial charge in [0, 0.05) is 29.5 Å². The van der Waals surface area contributed by atoms with Crippen LogP contribution in [0.15, 0.2) is 42.6 Å². The van der Waals surface area contributed by atoms with Gasteiger partial charge in [0.05, 0.1) is 51.5 Å². The molecule has 2 heterocycles. The molecule has 0 radical (unpaired) electrons. The number of hydrogen-bond acceptors (Lipinski definition) is 8. The Morgan fingerprint density at radius 2 is 1.39 bits per heavy atom. The molecule has 0 aliphatic carbocycles. The van der Waals surface area contributed by atoms with E-state index >= 15 is 0 Å². The van der Waals surface area contributed by atoms with Gasteiger partial charge in [-0.1, -0.05) is 0 Å². The molecule has 8 heteroatoms. The molecule has 4 rings (SSSR count). The van der Waals surface area contributed by atoms with Gasteiger partial charge in [-0.2, -0.15) is 0 Å². The molecule has 0 fully saturated rings. The molecule has 0 bridgehead atoms. The van der Waals surface area contributed by atoms with Gasteiger partial charge in [-0.3, -0.25) is 4.98 Å². The molecule has 31 heavy (non-hydrogen) atoms. The third-order valence-electron chi connectivity index (χ3n) is 4.87. The lowest BCUT2D eigenvalue weighted by Gasteiger charge is -2.15.